The molecule has 2 aromatic heterocycles. The van der Waals surface area contributed by atoms with Crippen LogP contribution in [-0.2, 0) is 4.74 Å². The number of ether oxygens (including phenoxy) is 1. The van der Waals surface area contributed by atoms with E-state index in [4.69, 9.17) is 10.00 Å². The number of halogens is 1. The Morgan fingerprint density at radius 1 is 1.72 bits per heavy atom. The molecule has 0 amide bonds. The Balaban J connectivity index is 2.65. The Morgan fingerprint density at radius 3 is 3.17 bits per heavy atom. The first-order chi connectivity index (χ1) is 8.69. The first kappa shape index (κ1) is 12.9. The lowest BCUT2D eigenvalue weighted by Crippen LogP contribution is -2.06. The highest BCUT2D eigenvalue weighted by atomic mass is 79.9. The minimum absolute atomic E-state index is 0.162. The molecule has 92 valence electrons. The van der Waals surface area contributed by atoms with Gasteiger partial charge in [-0.25, -0.2) is 9.78 Å². The molecule has 0 unspecified atom stereocenters. The number of fused-ring (bicyclic) bond motifs is 1. The fourth-order valence-electron chi connectivity index (χ4n) is 1.49. The molecule has 0 aliphatic rings. The first-order valence-corrected chi connectivity index (χ1v) is 6.69. The van der Waals surface area contributed by atoms with Crippen molar-refractivity contribution < 1.29 is 9.53 Å². The van der Waals surface area contributed by atoms with E-state index in [0.29, 0.717) is 10.7 Å². The number of rotatable bonds is 3. The smallest absolute Gasteiger partial charge is 0.359 e. The number of nitriles is 1. The molecule has 2 heterocycles. The lowest BCUT2D eigenvalue weighted by molar-refractivity contribution is 0.0515. The normalized spacial score (nSPS) is 10.3. The second kappa shape index (κ2) is 5.42. The fourth-order valence-corrected chi connectivity index (χ4v) is 2.48. The highest BCUT2D eigenvalue weighted by molar-refractivity contribution is 9.10. The number of hydrogen-bond donors (Lipinski definition) is 0. The third-order valence-electron chi connectivity index (χ3n) is 2.17. The maximum atomic E-state index is 11.8. The molecule has 0 atom stereocenters. The number of carbonyl (C=O) groups excluding carboxylic acids is 1. The van der Waals surface area contributed by atoms with Crippen molar-refractivity contribution in [1.29, 1.82) is 5.26 Å². The van der Waals surface area contributed by atoms with Crippen molar-refractivity contribution in [1.82, 2.24) is 9.38 Å². The van der Waals surface area contributed by atoms with Crippen molar-refractivity contribution >= 4 is 39.3 Å². The van der Waals surface area contributed by atoms with Gasteiger partial charge in [-0.15, -0.1) is 0 Å². The number of thioether (sulfide) groups is 1. The van der Waals surface area contributed by atoms with Gasteiger partial charge in [0, 0.05) is 18.0 Å². The van der Waals surface area contributed by atoms with Gasteiger partial charge in [-0.2, -0.15) is 5.26 Å². The van der Waals surface area contributed by atoms with E-state index in [1.165, 1.54) is 0 Å². The first-order valence-electron chi connectivity index (χ1n) is 5.08. The van der Waals surface area contributed by atoms with Crippen LogP contribution in [0.2, 0.25) is 0 Å². The number of pyridine rings is 1. The molecule has 0 saturated heterocycles. The molecular weight excluding hydrogens is 318 g/mol. The van der Waals surface area contributed by atoms with Crippen molar-refractivity contribution in [3.8, 4) is 5.40 Å². The number of aromatic nitrogens is 2. The van der Waals surface area contributed by atoms with Crippen molar-refractivity contribution in [2.45, 2.75) is 11.9 Å². The monoisotopic (exact) mass is 325 g/mol. The molecule has 0 bridgehead atoms. The Kier molecular flexibility index (Phi) is 3.89. The molecule has 18 heavy (non-hydrogen) atoms. The molecule has 0 aromatic carbocycles. The van der Waals surface area contributed by atoms with Crippen molar-refractivity contribution in [2.24, 2.45) is 0 Å². The molecule has 0 radical (unpaired) electrons. The molecule has 0 aliphatic carbocycles. The summed E-state index contributed by atoms with van der Waals surface area (Å²) < 4.78 is 7.37. The Hall–Kier alpha value is -1.52. The lowest BCUT2D eigenvalue weighted by Gasteiger charge is -2.00. The molecule has 0 saturated carbocycles. The standard InChI is InChI=1S/C11H8BrN3O2S/c1-2-17-11(16)8-10(18-6-13)15-5-3-4-7(12)9(15)14-8/h3-5H,2H2,1H3. The van der Waals surface area contributed by atoms with Gasteiger partial charge in [0.2, 0.25) is 0 Å². The Labute approximate surface area is 116 Å². The largest absolute Gasteiger partial charge is 0.461 e. The quantitative estimate of drug-likeness (QED) is 0.493. The van der Waals surface area contributed by atoms with Crippen LogP contribution in [0.5, 0.6) is 0 Å². The number of hydrogen-bond acceptors (Lipinski definition) is 5. The second-order valence-corrected chi connectivity index (χ2v) is 4.86. The Bertz CT molecular complexity index is 648. The third-order valence-corrected chi connectivity index (χ3v) is 3.46. The topological polar surface area (TPSA) is 67.4 Å². The predicted octanol–water partition coefficient (Wildman–Crippen LogP) is 2.85. The van der Waals surface area contributed by atoms with Crippen LogP contribution >= 0.6 is 27.7 Å². The van der Waals surface area contributed by atoms with Crippen LogP contribution in [0, 0.1) is 10.7 Å². The predicted molar refractivity (Wildman–Crippen MR) is 70.3 cm³/mol. The van der Waals surface area contributed by atoms with Crippen LogP contribution < -0.4 is 0 Å². The van der Waals surface area contributed by atoms with Gasteiger partial charge in [0.05, 0.1) is 11.1 Å². The van der Waals surface area contributed by atoms with Gasteiger partial charge in [-0.3, -0.25) is 4.40 Å². The van der Waals surface area contributed by atoms with Gasteiger partial charge in [0.15, 0.2) is 11.3 Å². The zero-order valence-corrected chi connectivity index (χ0v) is 11.8. The van der Waals surface area contributed by atoms with E-state index in [9.17, 15) is 4.79 Å². The average Bonchev–Trinajstić information content (AvgIpc) is 2.71. The maximum Gasteiger partial charge on any atom is 0.359 e. The van der Waals surface area contributed by atoms with Gasteiger partial charge < -0.3 is 4.74 Å². The van der Waals surface area contributed by atoms with E-state index in [1.54, 1.807) is 23.6 Å². The van der Waals surface area contributed by atoms with Crippen LogP contribution in [0.25, 0.3) is 5.65 Å². The summed E-state index contributed by atoms with van der Waals surface area (Å²) in [6, 6.07) is 3.62. The summed E-state index contributed by atoms with van der Waals surface area (Å²) >= 11 is 4.24. The number of imidazole rings is 1. The number of esters is 1. The highest BCUT2D eigenvalue weighted by Crippen LogP contribution is 2.27. The van der Waals surface area contributed by atoms with Crippen LogP contribution in [0.1, 0.15) is 17.4 Å². The van der Waals surface area contributed by atoms with Gasteiger partial charge in [-0.05, 0) is 35.0 Å². The molecule has 0 N–H and O–H groups in total. The van der Waals surface area contributed by atoms with Crippen molar-refractivity contribution in [2.75, 3.05) is 6.61 Å². The molecule has 0 spiro atoms. The third kappa shape index (κ3) is 2.21. The van der Waals surface area contributed by atoms with Crippen molar-refractivity contribution in [3.63, 3.8) is 0 Å². The van der Waals surface area contributed by atoms with Crippen LogP contribution in [0.15, 0.2) is 27.8 Å². The molecule has 0 aliphatic heterocycles. The summed E-state index contributed by atoms with van der Waals surface area (Å²) in [5.74, 6) is -0.522. The van der Waals surface area contributed by atoms with E-state index in [2.05, 4.69) is 20.9 Å². The Morgan fingerprint density at radius 2 is 2.50 bits per heavy atom. The zero-order chi connectivity index (χ0) is 13.1. The summed E-state index contributed by atoms with van der Waals surface area (Å²) in [6.45, 7) is 1.99. The average molecular weight is 326 g/mol. The number of nitrogens with zero attached hydrogens (tertiary/aromatic N) is 3. The van der Waals surface area contributed by atoms with Gasteiger partial charge in [0.1, 0.15) is 10.4 Å². The van der Waals surface area contributed by atoms with Crippen LogP contribution in [0.4, 0.5) is 0 Å². The second-order valence-electron chi connectivity index (χ2n) is 3.23. The maximum absolute atomic E-state index is 11.8. The van der Waals surface area contributed by atoms with Crippen molar-refractivity contribution in [3.05, 3.63) is 28.5 Å². The fraction of sp³-hybridized carbons (Fsp3) is 0.182. The number of carbonyl (C=O) groups is 1. The zero-order valence-electron chi connectivity index (χ0n) is 9.38. The summed E-state index contributed by atoms with van der Waals surface area (Å²) in [7, 11) is 0. The highest BCUT2D eigenvalue weighted by Gasteiger charge is 2.21. The van der Waals surface area contributed by atoms with Crippen LogP contribution in [-0.4, -0.2) is 22.0 Å². The molecule has 2 rings (SSSR count). The number of thiocyanates is 1. The van der Waals surface area contributed by atoms with E-state index in [1.807, 2.05) is 11.5 Å². The summed E-state index contributed by atoms with van der Waals surface area (Å²) in [5.41, 5.74) is 0.744. The van der Waals surface area contributed by atoms with Crippen LogP contribution in [0.3, 0.4) is 0 Å². The van der Waals surface area contributed by atoms with Gasteiger partial charge in [-0.1, -0.05) is 0 Å². The van der Waals surface area contributed by atoms with E-state index >= 15 is 0 Å². The van der Waals surface area contributed by atoms with E-state index < -0.39 is 5.97 Å². The van der Waals surface area contributed by atoms with E-state index in [0.717, 1.165) is 16.2 Å². The molecule has 7 heteroatoms. The molecule has 5 nitrogen and oxygen atoms in total. The SMILES string of the molecule is CCOC(=O)c1nc2c(Br)cccn2c1SC#N. The van der Waals surface area contributed by atoms with Gasteiger partial charge in [0.25, 0.3) is 0 Å². The molecular formula is C11H8BrN3O2S. The summed E-state index contributed by atoms with van der Waals surface area (Å²) in [6.07, 6.45) is 1.75. The summed E-state index contributed by atoms with van der Waals surface area (Å²) in [4.78, 5) is 16.0. The minimum atomic E-state index is -0.522. The lowest BCUT2D eigenvalue weighted by atomic mass is 10.5. The minimum Gasteiger partial charge on any atom is -0.461 e. The molecule has 0 fully saturated rings. The summed E-state index contributed by atoms with van der Waals surface area (Å²) in [5, 5.41) is 11.2. The van der Waals surface area contributed by atoms with E-state index in [-0.39, 0.29) is 12.3 Å². The van der Waals surface area contributed by atoms with Gasteiger partial charge >= 0.3 is 5.97 Å². The molecule has 2 aromatic rings.